The van der Waals surface area contributed by atoms with Crippen LogP contribution in [-0.4, -0.2) is 22.5 Å². The number of hydrogen-bond donors (Lipinski definition) is 2. The lowest BCUT2D eigenvalue weighted by molar-refractivity contribution is 0.193. The van der Waals surface area contributed by atoms with E-state index in [0.29, 0.717) is 6.54 Å². The molecule has 4 aromatic rings. The Morgan fingerprint density at radius 3 is 2.57 bits per heavy atom. The molecule has 0 saturated heterocycles. The number of rotatable bonds is 2. The highest BCUT2D eigenvalue weighted by Crippen LogP contribution is 2.39. The molecule has 2 amide bonds. The van der Waals surface area contributed by atoms with Crippen molar-refractivity contribution in [1.29, 1.82) is 0 Å². The average molecular weight is 460 g/mol. The summed E-state index contributed by atoms with van der Waals surface area (Å²) in [6.07, 6.45) is 0.824. The summed E-state index contributed by atoms with van der Waals surface area (Å²) in [5.41, 5.74) is 6.61. The van der Waals surface area contributed by atoms with Gasteiger partial charge in [-0.15, -0.1) is 0 Å². The van der Waals surface area contributed by atoms with E-state index in [2.05, 4.69) is 75.6 Å². The number of nitrogens with one attached hydrogen (secondary N) is 2. The van der Waals surface area contributed by atoms with Crippen LogP contribution in [0.2, 0.25) is 0 Å². The molecule has 4 nitrogen and oxygen atoms in total. The third-order valence-corrected chi connectivity index (χ3v) is 6.50. The first kappa shape index (κ1) is 18.9. The van der Waals surface area contributed by atoms with Gasteiger partial charge in [0.05, 0.1) is 11.7 Å². The number of para-hydroxylation sites is 2. The van der Waals surface area contributed by atoms with Crippen LogP contribution < -0.4 is 5.32 Å². The van der Waals surface area contributed by atoms with Crippen molar-refractivity contribution in [2.24, 2.45) is 0 Å². The number of hydrogen-bond acceptors (Lipinski definition) is 1. The second kappa shape index (κ2) is 7.65. The van der Waals surface area contributed by atoms with Crippen molar-refractivity contribution in [3.8, 4) is 0 Å². The number of benzene rings is 3. The van der Waals surface area contributed by atoms with Gasteiger partial charge in [0.15, 0.2) is 0 Å². The first-order valence-electron chi connectivity index (χ1n) is 10.1. The lowest BCUT2D eigenvalue weighted by Gasteiger charge is -2.36. The van der Waals surface area contributed by atoms with Gasteiger partial charge in [-0.05, 0) is 58.6 Å². The lowest BCUT2D eigenvalue weighted by Crippen LogP contribution is -2.43. The number of aryl methyl sites for hydroxylation is 1. The summed E-state index contributed by atoms with van der Waals surface area (Å²) in [5, 5.41) is 4.33. The third kappa shape index (κ3) is 3.29. The minimum atomic E-state index is -0.163. The van der Waals surface area contributed by atoms with Crippen LogP contribution in [0.15, 0.2) is 77.3 Å². The Hall–Kier alpha value is -3.05. The Morgan fingerprint density at radius 1 is 1.03 bits per heavy atom. The second-order valence-electron chi connectivity index (χ2n) is 7.73. The van der Waals surface area contributed by atoms with E-state index in [-0.39, 0.29) is 12.1 Å². The molecule has 0 radical (unpaired) electrons. The molecule has 2 N–H and O–H groups in total. The molecule has 5 rings (SSSR count). The number of fused-ring (bicyclic) bond motifs is 3. The Labute approximate surface area is 184 Å². The zero-order valence-corrected chi connectivity index (χ0v) is 18.2. The van der Waals surface area contributed by atoms with E-state index in [4.69, 9.17) is 0 Å². The number of halogens is 1. The van der Waals surface area contributed by atoms with Crippen LogP contribution in [0, 0.1) is 6.92 Å². The lowest BCUT2D eigenvalue weighted by atomic mass is 9.92. The minimum absolute atomic E-state index is 0.100. The molecular weight excluding hydrogens is 438 g/mol. The Balaban J connectivity index is 1.59. The molecule has 5 heteroatoms. The van der Waals surface area contributed by atoms with Crippen LogP contribution in [0.5, 0.6) is 0 Å². The standard InChI is InChI=1S/C25H22BrN3O/c1-16-10-12-17(13-11-16)24-23-19(18-6-2-4-8-21(18)27-23)14-15-29(24)25(30)28-22-9-5-3-7-20(22)26/h2-13,24,27H,14-15H2,1H3,(H,28,30)/t24-/m1/s1. The first-order valence-corrected chi connectivity index (χ1v) is 10.9. The van der Waals surface area contributed by atoms with Gasteiger partial charge in [-0.25, -0.2) is 4.79 Å². The topological polar surface area (TPSA) is 48.1 Å². The van der Waals surface area contributed by atoms with Crippen molar-refractivity contribution in [3.05, 3.63) is 99.7 Å². The summed E-state index contributed by atoms with van der Waals surface area (Å²) in [6, 6.07) is 24.3. The summed E-state index contributed by atoms with van der Waals surface area (Å²) in [7, 11) is 0. The van der Waals surface area contributed by atoms with Crippen LogP contribution in [0.4, 0.5) is 10.5 Å². The molecule has 0 unspecified atom stereocenters. The number of carbonyl (C=O) groups excluding carboxylic acids is 1. The van der Waals surface area contributed by atoms with Crippen LogP contribution in [-0.2, 0) is 6.42 Å². The number of nitrogens with zero attached hydrogens (tertiary/aromatic N) is 1. The number of urea groups is 1. The SMILES string of the molecule is Cc1ccc([C@@H]2c3[nH]c4ccccc4c3CCN2C(=O)Nc2ccccc2Br)cc1. The second-order valence-corrected chi connectivity index (χ2v) is 8.58. The van der Waals surface area contributed by atoms with E-state index in [0.717, 1.165) is 33.4 Å². The molecule has 3 aromatic carbocycles. The maximum atomic E-state index is 13.4. The predicted octanol–water partition coefficient (Wildman–Crippen LogP) is 6.42. The summed E-state index contributed by atoms with van der Waals surface area (Å²) < 4.78 is 0.869. The molecule has 0 saturated carbocycles. The van der Waals surface area contributed by atoms with E-state index in [1.807, 2.05) is 35.2 Å². The van der Waals surface area contributed by atoms with Gasteiger partial charge in [0.2, 0.25) is 0 Å². The van der Waals surface area contributed by atoms with E-state index in [1.54, 1.807) is 0 Å². The monoisotopic (exact) mass is 459 g/mol. The molecule has 150 valence electrons. The van der Waals surface area contributed by atoms with Gasteiger partial charge >= 0.3 is 6.03 Å². The van der Waals surface area contributed by atoms with Gasteiger partial charge in [-0.1, -0.05) is 60.2 Å². The fourth-order valence-corrected chi connectivity index (χ4v) is 4.69. The average Bonchev–Trinajstić information content (AvgIpc) is 3.14. The molecular formula is C25H22BrN3O. The maximum absolute atomic E-state index is 13.4. The molecule has 0 spiro atoms. The number of carbonyl (C=O) groups is 1. The van der Waals surface area contributed by atoms with Crippen molar-refractivity contribution >= 4 is 38.6 Å². The van der Waals surface area contributed by atoms with E-state index >= 15 is 0 Å². The smallest absolute Gasteiger partial charge is 0.322 e. The van der Waals surface area contributed by atoms with Crippen molar-refractivity contribution in [3.63, 3.8) is 0 Å². The number of amides is 2. The highest BCUT2D eigenvalue weighted by atomic mass is 79.9. The summed E-state index contributed by atoms with van der Waals surface area (Å²) in [4.78, 5) is 18.9. The van der Waals surface area contributed by atoms with Crippen molar-refractivity contribution in [2.75, 3.05) is 11.9 Å². The van der Waals surface area contributed by atoms with Gasteiger partial charge < -0.3 is 15.2 Å². The van der Waals surface area contributed by atoms with E-state index < -0.39 is 0 Å². The first-order chi connectivity index (χ1) is 14.6. The van der Waals surface area contributed by atoms with Gasteiger partial charge in [-0.2, -0.15) is 0 Å². The number of aromatic amines is 1. The highest BCUT2D eigenvalue weighted by molar-refractivity contribution is 9.10. The Morgan fingerprint density at radius 2 is 1.77 bits per heavy atom. The fraction of sp³-hybridized carbons (Fsp3) is 0.160. The minimum Gasteiger partial charge on any atom is -0.356 e. The molecule has 0 bridgehead atoms. The van der Waals surface area contributed by atoms with Crippen molar-refractivity contribution in [2.45, 2.75) is 19.4 Å². The van der Waals surface area contributed by atoms with Gasteiger partial charge in [0.1, 0.15) is 0 Å². The largest absolute Gasteiger partial charge is 0.356 e. The van der Waals surface area contributed by atoms with E-state index in [9.17, 15) is 4.79 Å². The quantitative estimate of drug-likeness (QED) is 0.356. The van der Waals surface area contributed by atoms with E-state index in [1.165, 1.54) is 16.5 Å². The number of aromatic nitrogens is 1. The molecule has 0 aliphatic carbocycles. The van der Waals surface area contributed by atoms with Crippen LogP contribution in [0.3, 0.4) is 0 Å². The van der Waals surface area contributed by atoms with Crippen LogP contribution in [0.1, 0.15) is 28.4 Å². The van der Waals surface area contributed by atoms with Crippen LogP contribution in [0.25, 0.3) is 10.9 Å². The summed E-state index contributed by atoms with van der Waals surface area (Å²) >= 11 is 3.53. The third-order valence-electron chi connectivity index (χ3n) is 5.80. The molecule has 1 aliphatic rings. The molecule has 1 atom stereocenters. The molecule has 0 fully saturated rings. The summed E-state index contributed by atoms with van der Waals surface area (Å²) in [5.74, 6) is 0. The van der Waals surface area contributed by atoms with Gasteiger partial charge in [0.25, 0.3) is 0 Å². The highest BCUT2D eigenvalue weighted by Gasteiger charge is 2.34. The van der Waals surface area contributed by atoms with Gasteiger partial charge in [-0.3, -0.25) is 0 Å². The van der Waals surface area contributed by atoms with Crippen molar-refractivity contribution < 1.29 is 4.79 Å². The van der Waals surface area contributed by atoms with Crippen molar-refractivity contribution in [1.82, 2.24) is 9.88 Å². The maximum Gasteiger partial charge on any atom is 0.322 e. The molecule has 1 aromatic heterocycles. The Kier molecular flexibility index (Phi) is 4.83. The molecule has 1 aliphatic heterocycles. The number of anilines is 1. The normalized spacial score (nSPS) is 15.8. The van der Waals surface area contributed by atoms with Crippen LogP contribution >= 0.6 is 15.9 Å². The predicted molar refractivity (Wildman–Crippen MR) is 125 cm³/mol. The fourth-order valence-electron chi connectivity index (χ4n) is 4.30. The van der Waals surface area contributed by atoms with Gasteiger partial charge in [0, 0.05) is 27.6 Å². The number of H-pyrrole nitrogens is 1. The molecule has 2 heterocycles. The zero-order valence-electron chi connectivity index (χ0n) is 16.7. The Bertz CT molecular complexity index is 1230. The summed E-state index contributed by atoms with van der Waals surface area (Å²) in [6.45, 7) is 2.74. The molecule has 30 heavy (non-hydrogen) atoms. The zero-order chi connectivity index (χ0) is 20.7.